The van der Waals surface area contributed by atoms with E-state index in [0.717, 1.165) is 16.6 Å². The Morgan fingerprint density at radius 3 is 3.00 bits per heavy atom. The van der Waals surface area contributed by atoms with Crippen LogP contribution in [-0.2, 0) is 4.79 Å². The summed E-state index contributed by atoms with van der Waals surface area (Å²) in [4.78, 5) is 15.4. The number of likely N-dealkylation sites (N-methyl/N-ethyl adjacent to an activating group) is 1. The summed E-state index contributed by atoms with van der Waals surface area (Å²) >= 11 is 0. The molecule has 0 aliphatic rings. The highest BCUT2D eigenvalue weighted by Crippen LogP contribution is 2.24. The average Bonchev–Trinajstić information content (AvgIpc) is 2.36. The number of carbonyl (C=O) groups excluding carboxylic acids is 1. The summed E-state index contributed by atoms with van der Waals surface area (Å²) in [6, 6.07) is 7.41. The third-order valence-electron chi connectivity index (χ3n) is 2.52. The van der Waals surface area contributed by atoms with Gasteiger partial charge in [-0.25, -0.2) is 0 Å². The number of hydrogen-bond acceptors (Lipinski definition) is 4. The largest absolute Gasteiger partial charge is 0.397 e. The van der Waals surface area contributed by atoms with Gasteiger partial charge >= 0.3 is 0 Å². The summed E-state index contributed by atoms with van der Waals surface area (Å²) in [5, 5.41) is 6.52. The van der Waals surface area contributed by atoms with Crippen LogP contribution >= 0.6 is 0 Å². The summed E-state index contributed by atoms with van der Waals surface area (Å²) in [5.41, 5.74) is 8.07. The molecule has 1 aromatic carbocycles. The van der Waals surface area contributed by atoms with Gasteiger partial charge in [0.25, 0.3) is 0 Å². The molecule has 0 aliphatic heterocycles. The number of para-hydroxylation sites is 1. The molecule has 1 aromatic heterocycles. The highest BCUT2D eigenvalue weighted by molar-refractivity contribution is 5.98. The Morgan fingerprint density at radius 2 is 2.24 bits per heavy atom. The summed E-state index contributed by atoms with van der Waals surface area (Å²) in [7, 11) is 1.60. The number of amides is 1. The minimum absolute atomic E-state index is 0.0705. The fourth-order valence-electron chi connectivity index (χ4n) is 1.62. The first kappa shape index (κ1) is 11.2. The number of nitrogens with two attached hydrogens (primary N) is 1. The summed E-state index contributed by atoms with van der Waals surface area (Å²) in [6.07, 6.45) is 1.67. The Labute approximate surface area is 99.0 Å². The van der Waals surface area contributed by atoms with Crippen LogP contribution in [0.15, 0.2) is 30.5 Å². The monoisotopic (exact) mass is 230 g/mol. The predicted octanol–water partition coefficient (Wildman–Crippen LogP) is 0.975. The second-order valence-electron chi connectivity index (χ2n) is 3.63. The fourth-order valence-corrected chi connectivity index (χ4v) is 1.62. The number of pyridine rings is 1. The van der Waals surface area contributed by atoms with Gasteiger partial charge < -0.3 is 16.4 Å². The van der Waals surface area contributed by atoms with Crippen molar-refractivity contribution in [1.82, 2.24) is 10.3 Å². The Balaban J connectivity index is 2.34. The van der Waals surface area contributed by atoms with Crippen LogP contribution in [0, 0.1) is 0 Å². The van der Waals surface area contributed by atoms with Crippen molar-refractivity contribution in [1.29, 1.82) is 0 Å². The molecular weight excluding hydrogens is 216 g/mol. The van der Waals surface area contributed by atoms with Gasteiger partial charge in [-0.3, -0.25) is 9.78 Å². The predicted molar refractivity (Wildman–Crippen MR) is 68.7 cm³/mol. The van der Waals surface area contributed by atoms with Crippen LogP contribution < -0.4 is 16.4 Å². The van der Waals surface area contributed by atoms with E-state index in [4.69, 9.17) is 5.73 Å². The van der Waals surface area contributed by atoms with Crippen molar-refractivity contribution >= 4 is 28.2 Å². The maximum Gasteiger partial charge on any atom is 0.239 e. The van der Waals surface area contributed by atoms with Crippen molar-refractivity contribution in [3.05, 3.63) is 30.5 Å². The number of fused-ring (bicyclic) bond motifs is 1. The van der Waals surface area contributed by atoms with Crippen LogP contribution in [0.25, 0.3) is 10.9 Å². The van der Waals surface area contributed by atoms with Crippen LogP contribution in [-0.4, -0.2) is 24.5 Å². The Hall–Kier alpha value is -2.30. The molecule has 0 radical (unpaired) electrons. The molecule has 0 aliphatic carbocycles. The van der Waals surface area contributed by atoms with Crippen LogP contribution in [0.4, 0.5) is 11.4 Å². The molecule has 17 heavy (non-hydrogen) atoms. The minimum atomic E-state index is -0.0705. The van der Waals surface area contributed by atoms with Gasteiger partial charge in [0.05, 0.1) is 17.7 Å². The summed E-state index contributed by atoms with van der Waals surface area (Å²) in [6.45, 7) is 0.227. The average molecular weight is 230 g/mol. The van der Waals surface area contributed by atoms with E-state index in [-0.39, 0.29) is 12.5 Å². The second kappa shape index (κ2) is 4.69. The zero-order valence-electron chi connectivity index (χ0n) is 9.53. The molecule has 2 rings (SSSR count). The molecule has 88 valence electrons. The highest BCUT2D eigenvalue weighted by Gasteiger charge is 2.05. The molecule has 1 amide bonds. The zero-order chi connectivity index (χ0) is 12.3. The van der Waals surface area contributed by atoms with Gasteiger partial charge in [-0.15, -0.1) is 0 Å². The van der Waals surface area contributed by atoms with Crippen molar-refractivity contribution in [3.8, 4) is 0 Å². The van der Waals surface area contributed by atoms with Crippen molar-refractivity contribution in [2.45, 2.75) is 0 Å². The van der Waals surface area contributed by atoms with E-state index >= 15 is 0 Å². The van der Waals surface area contributed by atoms with Crippen molar-refractivity contribution in [3.63, 3.8) is 0 Å². The molecule has 2 aromatic rings. The fraction of sp³-hybridized carbons (Fsp3) is 0.167. The van der Waals surface area contributed by atoms with Crippen molar-refractivity contribution in [2.75, 3.05) is 24.6 Å². The number of carbonyl (C=O) groups is 1. The van der Waals surface area contributed by atoms with Crippen LogP contribution in [0.2, 0.25) is 0 Å². The van der Waals surface area contributed by atoms with Crippen molar-refractivity contribution in [2.24, 2.45) is 0 Å². The highest BCUT2D eigenvalue weighted by atomic mass is 16.1. The topological polar surface area (TPSA) is 80.0 Å². The first-order valence-electron chi connectivity index (χ1n) is 5.30. The lowest BCUT2D eigenvalue weighted by molar-refractivity contribution is -0.118. The Kier molecular flexibility index (Phi) is 3.09. The molecule has 5 heteroatoms. The van der Waals surface area contributed by atoms with Gasteiger partial charge in [-0.05, 0) is 12.1 Å². The lowest BCUT2D eigenvalue weighted by atomic mass is 10.1. The summed E-state index contributed by atoms with van der Waals surface area (Å²) in [5.74, 6) is -0.0705. The van der Waals surface area contributed by atoms with E-state index in [9.17, 15) is 4.79 Å². The van der Waals surface area contributed by atoms with E-state index < -0.39 is 0 Å². The number of nitrogens with one attached hydrogen (secondary N) is 2. The molecule has 0 saturated carbocycles. The SMILES string of the molecule is CNC(=O)CNc1ccnc2c(N)cccc12. The van der Waals surface area contributed by atoms with Gasteiger partial charge in [-0.1, -0.05) is 12.1 Å². The molecule has 4 N–H and O–H groups in total. The number of aromatic nitrogens is 1. The molecule has 0 bridgehead atoms. The standard InChI is InChI=1S/C12H14N4O/c1-14-11(17)7-16-10-5-6-15-12-8(10)3-2-4-9(12)13/h2-6H,7,13H2,1H3,(H,14,17)(H,15,16). The van der Waals surface area contributed by atoms with Crippen LogP contribution in [0.1, 0.15) is 0 Å². The first-order chi connectivity index (χ1) is 8.22. The lowest BCUT2D eigenvalue weighted by Gasteiger charge is -2.09. The lowest BCUT2D eigenvalue weighted by Crippen LogP contribution is -2.26. The smallest absolute Gasteiger partial charge is 0.239 e. The maximum atomic E-state index is 11.2. The third kappa shape index (κ3) is 2.28. The molecule has 5 nitrogen and oxygen atoms in total. The number of hydrogen-bond donors (Lipinski definition) is 3. The first-order valence-corrected chi connectivity index (χ1v) is 5.30. The van der Waals surface area contributed by atoms with E-state index in [2.05, 4.69) is 15.6 Å². The van der Waals surface area contributed by atoms with Crippen LogP contribution in [0.5, 0.6) is 0 Å². The molecule has 0 unspecified atom stereocenters. The number of nitrogens with zero attached hydrogens (tertiary/aromatic N) is 1. The molecule has 0 fully saturated rings. The minimum Gasteiger partial charge on any atom is -0.397 e. The van der Waals surface area contributed by atoms with E-state index in [0.29, 0.717) is 5.69 Å². The Bertz CT molecular complexity index is 553. The van der Waals surface area contributed by atoms with Gasteiger partial charge in [-0.2, -0.15) is 0 Å². The number of benzene rings is 1. The summed E-state index contributed by atoms with van der Waals surface area (Å²) < 4.78 is 0. The number of nitrogen functional groups attached to an aromatic ring is 1. The van der Waals surface area contributed by atoms with Crippen LogP contribution in [0.3, 0.4) is 0 Å². The molecule has 0 atom stereocenters. The number of rotatable bonds is 3. The van der Waals surface area contributed by atoms with E-state index in [1.807, 2.05) is 18.2 Å². The maximum absolute atomic E-state index is 11.2. The second-order valence-corrected chi connectivity index (χ2v) is 3.63. The zero-order valence-corrected chi connectivity index (χ0v) is 9.53. The quantitative estimate of drug-likeness (QED) is 0.686. The van der Waals surface area contributed by atoms with Gasteiger partial charge in [0.2, 0.25) is 5.91 Å². The van der Waals surface area contributed by atoms with Crippen molar-refractivity contribution < 1.29 is 4.79 Å². The Morgan fingerprint density at radius 1 is 1.41 bits per heavy atom. The van der Waals surface area contributed by atoms with E-state index in [1.165, 1.54) is 0 Å². The molecule has 1 heterocycles. The molecular formula is C12H14N4O. The van der Waals surface area contributed by atoms with Gasteiger partial charge in [0.15, 0.2) is 0 Å². The van der Waals surface area contributed by atoms with E-state index in [1.54, 1.807) is 19.3 Å². The number of anilines is 2. The molecule has 0 saturated heterocycles. The third-order valence-corrected chi connectivity index (χ3v) is 2.52. The molecule has 0 spiro atoms. The normalized spacial score (nSPS) is 10.2. The van der Waals surface area contributed by atoms with Gasteiger partial charge in [0.1, 0.15) is 0 Å². The van der Waals surface area contributed by atoms with Gasteiger partial charge in [0, 0.05) is 24.3 Å².